The number of aryl methyl sites for hydroxylation is 3. The first-order valence-corrected chi connectivity index (χ1v) is 14.6. The molecule has 0 spiro atoms. The van der Waals surface area contributed by atoms with Crippen molar-refractivity contribution in [1.82, 2.24) is 8.54 Å². The molecule has 0 aliphatic heterocycles. The number of aromatic nitrogens is 2. The van der Waals surface area contributed by atoms with Gasteiger partial charge in [-0.15, -0.1) is 0 Å². The summed E-state index contributed by atoms with van der Waals surface area (Å²) >= 11 is 0. The van der Waals surface area contributed by atoms with Gasteiger partial charge in [0.2, 0.25) is 11.6 Å². The molecular weight excluding hydrogens is 552 g/mol. The van der Waals surface area contributed by atoms with Crippen molar-refractivity contribution in [2.45, 2.75) is 25.7 Å². The van der Waals surface area contributed by atoms with Crippen LogP contribution in [0.3, 0.4) is 0 Å². The zero-order valence-electron chi connectivity index (χ0n) is 23.9. The number of rotatable bonds is 9. The second-order valence-electron chi connectivity index (χ2n) is 9.99. The summed E-state index contributed by atoms with van der Waals surface area (Å²) in [4.78, 5) is 28.1. The zero-order chi connectivity index (χ0) is 30.2. The van der Waals surface area contributed by atoms with Crippen molar-refractivity contribution in [3.63, 3.8) is 0 Å². The molecule has 8 nitrogen and oxygen atoms in total. The van der Waals surface area contributed by atoms with Crippen LogP contribution in [0.15, 0.2) is 96.2 Å². The number of benzene rings is 3. The molecule has 0 radical (unpaired) electrons. The Bertz CT molecular complexity index is 1930. The Morgan fingerprint density at radius 2 is 1.21 bits per heavy atom. The number of hydrogen-bond acceptors (Lipinski definition) is 6. The first-order valence-electron chi connectivity index (χ1n) is 13.2. The van der Waals surface area contributed by atoms with Crippen LogP contribution >= 0.6 is 0 Å². The van der Waals surface area contributed by atoms with Gasteiger partial charge in [-0.1, -0.05) is 29.8 Å². The van der Waals surface area contributed by atoms with Crippen molar-refractivity contribution >= 4 is 21.6 Å². The van der Waals surface area contributed by atoms with Crippen molar-refractivity contribution < 1.29 is 27.5 Å². The van der Waals surface area contributed by atoms with Crippen LogP contribution in [0.5, 0.6) is 11.5 Å². The van der Waals surface area contributed by atoms with E-state index in [9.17, 15) is 18.0 Å². The number of hydrogen-bond donors (Lipinski definition) is 0. The van der Waals surface area contributed by atoms with E-state index in [1.165, 1.54) is 43.2 Å². The summed E-state index contributed by atoms with van der Waals surface area (Å²) in [5.41, 5.74) is 3.52. The Kier molecular flexibility index (Phi) is 7.62. The summed E-state index contributed by atoms with van der Waals surface area (Å²) in [6.07, 6.45) is 2.95. The molecule has 2 heterocycles. The van der Waals surface area contributed by atoms with Crippen LogP contribution in [0.4, 0.5) is 0 Å². The summed E-state index contributed by atoms with van der Waals surface area (Å²) in [7, 11) is -1.26. The predicted molar refractivity (Wildman–Crippen MR) is 160 cm³/mol. The summed E-state index contributed by atoms with van der Waals surface area (Å²) < 4.78 is 41.3. The lowest BCUT2D eigenvalue weighted by atomic mass is 10.0. The number of carbonyl (C=O) groups is 2. The average molecular weight is 583 g/mol. The zero-order valence-corrected chi connectivity index (χ0v) is 24.7. The smallest absolute Gasteiger partial charge is 0.268 e. The molecule has 214 valence electrons. The van der Waals surface area contributed by atoms with Crippen LogP contribution in [-0.2, 0) is 10.0 Å². The van der Waals surface area contributed by atoms with Gasteiger partial charge in [0.25, 0.3) is 10.0 Å². The lowest BCUT2D eigenvalue weighted by Crippen LogP contribution is -2.21. The van der Waals surface area contributed by atoms with Gasteiger partial charge in [-0.3, -0.25) is 9.59 Å². The van der Waals surface area contributed by atoms with E-state index in [1.54, 1.807) is 60.8 Å². The van der Waals surface area contributed by atoms with Gasteiger partial charge in [0.1, 0.15) is 17.2 Å². The molecule has 0 atom stereocenters. The van der Waals surface area contributed by atoms with Gasteiger partial charge in [0, 0.05) is 12.4 Å². The molecule has 0 fully saturated rings. The first kappa shape index (κ1) is 28.6. The lowest BCUT2D eigenvalue weighted by molar-refractivity contribution is 0.101. The molecule has 5 rings (SSSR count). The van der Waals surface area contributed by atoms with E-state index in [0.717, 1.165) is 20.7 Å². The molecule has 0 N–H and O–H groups in total. The van der Waals surface area contributed by atoms with Crippen LogP contribution in [0.2, 0.25) is 0 Å². The van der Waals surface area contributed by atoms with Gasteiger partial charge < -0.3 is 14.0 Å². The Morgan fingerprint density at radius 1 is 0.667 bits per heavy atom. The highest BCUT2D eigenvalue weighted by Crippen LogP contribution is 2.31. The van der Waals surface area contributed by atoms with Crippen molar-refractivity contribution in [1.29, 1.82) is 0 Å². The number of carbonyl (C=O) groups excluding carboxylic acids is 2. The predicted octanol–water partition coefficient (Wildman–Crippen LogP) is 5.92. The minimum atomic E-state index is -4.20. The van der Waals surface area contributed by atoms with E-state index in [2.05, 4.69) is 0 Å². The van der Waals surface area contributed by atoms with E-state index in [0.29, 0.717) is 17.1 Å². The summed E-state index contributed by atoms with van der Waals surface area (Å²) in [6.45, 7) is 5.62. The fraction of sp³-hybridized carbons (Fsp3) is 0.152. The maximum Gasteiger partial charge on any atom is 0.268 e. The van der Waals surface area contributed by atoms with Gasteiger partial charge in [0.15, 0.2) is 0 Å². The van der Waals surface area contributed by atoms with Gasteiger partial charge >= 0.3 is 0 Å². The van der Waals surface area contributed by atoms with E-state index in [4.69, 9.17) is 9.47 Å². The van der Waals surface area contributed by atoms with Gasteiger partial charge in [-0.2, -0.15) is 0 Å². The monoisotopic (exact) mass is 582 g/mol. The third-order valence-corrected chi connectivity index (χ3v) is 8.76. The maximum absolute atomic E-state index is 14.3. The van der Waals surface area contributed by atoms with Crippen molar-refractivity contribution in [3.05, 3.63) is 130 Å². The summed E-state index contributed by atoms with van der Waals surface area (Å²) in [6, 6.07) is 21.5. The Balaban J connectivity index is 1.74. The van der Waals surface area contributed by atoms with Gasteiger partial charge in [0.05, 0.1) is 41.6 Å². The molecule has 3 aromatic carbocycles. The van der Waals surface area contributed by atoms with Crippen molar-refractivity contribution in [3.8, 4) is 17.2 Å². The highest BCUT2D eigenvalue weighted by molar-refractivity contribution is 7.90. The number of nitrogens with zero attached hydrogens (tertiary/aromatic N) is 2. The lowest BCUT2D eigenvalue weighted by Gasteiger charge is -2.16. The quantitative estimate of drug-likeness (QED) is 0.200. The molecule has 0 saturated carbocycles. The second-order valence-corrected chi connectivity index (χ2v) is 11.8. The Morgan fingerprint density at radius 3 is 1.79 bits per heavy atom. The Hall–Kier alpha value is -4.89. The average Bonchev–Trinajstić information content (AvgIpc) is 3.64. The van der Waals surface area contributed by atoms with E-state index in [-0.39, 0.29) is 33.3 Å². The van der Waals surface area contributed by atoms with Gasteiger partial charge in [-0.05, 0) is 86.5 Å². The number of ketones is 2. The van der Waals surface area contributed by atoms with Crippen LogP contribution in [-0.4, -0.2) is 42.7 Å². The van der Waals surface area contributed by atoms with Crippen molar-refractivity contribution in [2.24, 2.45) is 0 Å². The van der Waals surface area contributed by atoms with Crippen LogP contribution in [0, 0.1) is 20.8 Å². The highest BCUT2D eigenvalue weighted by Gasteiger charge is 2.31. The fourth-order valence-corrected chi connectivity index (χ4v) is 6.20. The molecule has 0 saturated heterocycles. The molecule has 2 aromatic heterocycles. The molecular formula is C33H30N2O6S. The van der Waals surface area contributed by atoms with Crippen LogP contribution < -0.4 is 9.47 Å². The van der Waals surface area contributed by atoms with Gasteiger partial charge in [-0.25, -0.2) is 12.4 Å². The maximum atomic E-state index is 14.3. The topological polar surface area (TPSA) is 96.6 Å². The minimum Gasteiger partial charge on any atom is -0.496 e. The van der Waals surface area contributed by atoms with E-state index >= 15 is 0 Å². The van der Waals surface area contributed by atoms with Crippen molar-refractivity contribution in [2.75, 3.05) is 14.2 Å². The molecule has 0 unspecified atom stereocenters. The third kappa shape index (κ3) is 5.03. The molecule has 0 aliphatic rings. The molecule has 42 heavy (non-hydrogen) atoms. The molecule has 0 aliphatic carbocycles. The first-order chi connectivity index (χ1) is 20.1. The largest absolute Gasteiger partial charge is 0.496 e. The number of ether oxygens (including phenoxy) is 2. The second kappa shape index (κ2) is 11.2. The number of methoxy groups -OCH3 is 2. The SMILES string of the molecule is COc1cc(C)ccc1C(=O)c1cccn1-c1ccn(S(=O)(=O)c2ccc(C)cc2)c1C(=O)c1ccc(C)cc1OC. The van der Waals surface area contributed by atoms with Crippen LogP contribution in [0.25, 0.3) is 5.69 Å². The van der Waals surface area contributed by atoms with Crippen LogP contribution in [0.1, 0.15) is 48.8 Å². The molecule has 9 heteroatoms. The minimum absolute atomic E-state index is 0.0216. The van der Waals surface area contributed by atoms with E-state index in [1.807, 2.05) is 26.8 Å². The summed E-state index contributed by atoms with van der Waals surface area (Å²) in [5, 5.41) is 0. The fourth-order valence-electron chi connectivity index (χ4n) is 4.85. The Labute approximate surface area is 244 Å². The van der Waals surface area contributed by atoms with E-state index < -0.39 is 15.8 Å². The molecule has 5 aromatic rings. The molecule has 0 amide bonds. The summed E-state index contributed by atoms with van der Waals surface area (Å²) in [5.74, 6) is -0.215. The standard InChI is InChI=1S/C33H30N2O6S/c1-21-8-12-24(13-9-21)42(38,39)35-18-16-27(31(35)33(37)26-15-11-23(3)20-30(26)41-5)34-17-6-7-28(34)32(36)25-14-10-22(2)19-29(25)40-4/h6-20H,1-5H3. The normalized spacial score (nSPS) is 11.4. The third-order valence-electron chi connectivity index (χ3n) is 7.07. The highest BCUT2D eigenvalue weighted by atomic mass is 32.2. The molecule has 0 bridgehead atoms.